The normalized spacial score (nSPS) is 18.8. The lowest BCUT2D eigenvalue weighted by Gasteiger charge is -2.28. The molecule has 0 spiro atoms. The predicted octanol–water partition coefficient (Wildman–Crippen LogP) is 2.88. The van der Waals surface area contributed by atoms with Crippen molar-refractivity contribution in [2.24, 2.45) is 0 Å². The summed E-state index contributed by atoms with van der Waals surface area (Å²) in [6, 6.07) is 8.34. The van der Waals surface area contributed by atoms with Crippen molar-refractivity contribution in [1.82, 2.24) is 20.0 Å². The average Bonchev–Trinajstić information content (AvgIpc) is 3.12. The van der Waals surface area contributed by atoms with E-state index in [0.717, 1.165) is 42.8 Å². The third-order valence-electron chi connectivity index (χ3n) is 5.89. The number of rotatable bonds is 7. The van der Waals surface area contributed by atoms with E-state index in [2.05, 4.69) is 18.0 Å². The van der Waals surface area contributed by atoms with Crippen molar-refractivity contribution < 1.29 is 9.53 Å². The predicted molar refractivity (Wildman–Crippen MR) is 118 cm³/mol. The first-order valence-electron chi connectivity index (χ1n) is 10.7. The Morgan fingerprint density at radius 1 is 1.37 bits per heavy atom. The molecule has 1 aromatic carbocycles. The first-order chi connectivity index (χ1) is 14.7. The summed E-state index contributed by atoms with van der Waals surface area (Å²) in [6.07, 6.45) is 5.55. The van der Waals surface area contributed by atoms with Crippen molar-refractivity contribution in [2.45, 2.75) is 38.3 Å². The molecule has 1 atom stereocenters. The topological polar surface area (TPSA) is 59.4 Å². The van der Waals surface area contributed by atoms with E-state index in [-0.39, 0.29) is 5.91 Å². The number of morpholine rings is 1. The molecular weight excluding hydrogens is 400 g/mol. The molecule has 1 aliphatic carbocycles. The number of hydrogen-bond acceptors (Lipinski definition) is 4. The SMILES string of the molecule is C=CCn1nc(C(=O)N2CCOCC2)c2c1CC[C@H](NCCc1cccc(Cl)c1)C2. The minimum atomic E-state index is 0.0249. The second kappa shape index (κ2) is 9.77. The fraction of sp³-hybridized carbons (Fsp3) is 0.478. The van der Waals surface area contributed by atoms with Crippen LogP contribution in [0.4, 0.5) is 0 Å². The molecule has 30 heavy (non-hydrogen) atoms. The standard InChI is InChI=1S/C23H29ClN4O2/c1-2-10-28-21-7-6-19(25-9-8-17-4-3-5-18(24)15-17)16-20(21)22(26-28)23(29)27-11-13-30-14-12-27/h2-5,15,19,25H,1,6-14,16H2/t19-/m0/s1. The van der Waals surface area contributed by atoms with Crippen LogP contribution in [0.5, 0.6) is 0 Å². The number of halogens is 1. The number of fused-ring (bicyclic) bond motifs is 1. The van der Waals surface area contributed by atoms with Gasteiger partial charge in [0, 0.05) is 35.4 Å². The van der Waals surface area contributed by atoms with Gasteiger partial charge in [-0.3, -0.25) is 9.48 Å². The van der Waals surface area contributed by atoms with Gasteiger partial charge in [0.2, 0.25) is 0 Å². The highest BCUT2D eigenvalue weighted by Gasteiger charge is 2.31. The highest BCUT2D eigenvalue weighted by Crippen LogP contribution is 2.26. The van der Waals surface area contributed by atoms with Gasteiger partial charge in [0.15, 0.2) is 5.69 Å². The molecule has 4 rings (SSSR count). The fourth-order valence-corrected chi connectivity index (χ4v) is 4.55. The van der Waals surface area contributed by atoms with E-state index in [4.69, 9.17) is 21.4 Å². The van der Waals surface area contributed by atoms with E-state index >= 15 is 0 Å². The highest BCUT2D eigenvalue weighted by atomic mass is 35.5. The molecule has 1 saturated heterocycles. The number of benzene rings is 1. The minimum Gasteiger partial charge on any atom is -0.378 e. The Morgan fingerprint density at radius 3 is 2.97 bits per heavy atom. The maximum atomic E-state index is 13.2. The van der Waals surface area contributed by atoms with Gasteiger partial charge in [-0.25, -0.2) is 0 Å². The van der Waals surface area contributed by atoms with E-state index in [1.807, 2.05) is 33.9 Å². The van der Waals surface area contributed by atoms with Crippen LogP contribution in [0.1, 0.15) is 33.7 Å². The van der Waals surface area contributed by atoms with E-state index in [1.165, 1.54) is 11.3 Å². The molecule has 1 aliphatic heterocycles. The number of hydrogen-bond donors (Lipinski definition) is 1. The average molecular weight is 429 g/mol. The summed E-state index contributed by atoms with van der Waals surface area (Å²) in [6.45, 7) is 7.80. The summed E-state index contributed by atoms with van der Waals surface area (Å²) in [7, 11) is 0. The molecule has 2 aromatic rings. The summed E-state index contributed by atoms with van der Waals surface area (Å²) in [5, 5.41) is 9.15. The van der Waals surface area contributed by atoms with Crippen molar-refractivity contribution in [3.8, 4) is 0 Å². The first kappa shape index (κ1) is 21.1. The maximum Gasteiger partial charge on any atom is 0.274 e. The van der Waals surface area contributed by atoms with Crippen LogP contribution in [0, 0.1) is 0 Å². The van der Waals surface area contributed by atoms with Crippen molar-refractivity contribution in [1.29, 1.82) is 0 Å². The molecule has 1 fully saturated rings. The lowest BCUT2D eigenvalue weighted by molar-refractivity contribution is 0.0297. The molecule has 1 amide bonds. The Hall–Kier alpha value is -2.15. The van der Waals surface area contributed by atoms with Crippen LogP contribution in [0.25, 0.3) is 0 Å². The van der Waals surface area contributed by atoms with Crippen LogP contribution in [0.3, 0.4) is 0 Å². The smallest absolute Gasteiger partial charge is 0.274 e. The summed E-state index contributed by atoms with van der Waals surface area (Å²) in [5.74, 6) is 0.0249. The van der Waals surface area contributed by atoms with Crippen LogP contribution in [-0.4, -0.2) is 59.5 Å². The van der Waals surface area contributed by atoms with E-state index in [1.54, 1.807) is 0 Å². The van der Waals surface area contributed by atoms with Crippen molar-refractivity contribution >= 4 is 17.5 Å². The zero-order chi connectivity index (χ0) is 20.9. The molecule has 1 N–H and O–H groups in total. The van der Waals surface area contributed by atoms with Gasteiger partial charge in [-0.2, -0.15) is 5.10 Å². The Morgan fingerprint density at radius 2 is 2.20 bits per heavy atom. The number of nitrogens with one attached hydrogen (secondary N) is 1. The minimum absolute atomic E-state index is 0.0249. The van der Waals surface area contributed by atoms with Gasteiger partial charge in [-0.15, -0.1) is 6.58 Å². The third kappa shape index (κ3) is 4.77. The van der Waals surface area contributed by atoms with Gasteiger partial charge >= 0.3 is 0 Å². The molecule has 2 aliphatic rings. The van der Waals surface area contributed by atoms with Gasteiger partial charge in [-0.1, -0.05) is 29.8 Å². The number of amides is 1. The molecule has 0 unspecified atom stereocenters. The maximum absolute atomic E-state index is 13.2. The highest BCUT2D eigenvalue weighted by molar-refractivity contribution is 6.30. The fourth-order valence-electron chi connectivity index (χ4n) is 4.34. The quantitative estimate of drug-likeness (QED) is 0.689. The second-order valence-electron chi connectivity index (χ2n) is 7.92. The van der Waals surface area contributed by atoms with Crippen LogP contribution >= 0.6 is 11.6 Å². The zero-order valence-electron chi connectivity index (χ0n) is 17.3. The molecule has 6 nitrogen and oxygen atoms in total. The number of ether oxygens (including phenoxy) is 1. The number of allylic oxidation sites excluding steroid dienone is 1. The lowest BCUT2D eigenvalue weighted by Crippen LogP contribution is -2.42. The number of carbonyl (C=O) groups is 1. The molecular formula is C23H29ClN4O2. The Kier molecular flexibility index (Phi) is 6.87. The van der Waals surface area contributed by atoms with Gasteiger partial charge in [-0.05, 0) is 49.9 Å². The van der Waals surface area contributed by atoms with Gasteiger partial charge in [0.25, 0.3) is 5.91 Å². The summed E-state index contributed by atoms with van der Waals surface area (Å²) >= 11 is 6.09. The van der Waals surface area contributed by atoms with Crippen molar-refractivity contribution in [3.63, 3.8) is 0 Å². The molecule has 160 valence electrons. The number of nitrogens with zero attached hydrogens (tertiary/aromatic N) is 3. The van der Waals surface area contributed by atoms with Gasteiger partial charge in [0.1, 0.15) is 0 Å². The van der Waals surface area contributed by atoms with Crippen molar-refractivity contribution in [3.05, 3.63) is 64.5 Å². The van der Waals surface area contributed by atoms with Gasteiger partial charge in [0.05, 0.1) is 19.8 Å². The second-order valence-corrected chi connectivity index (χ2v) is 8.36. The van der Waals surface area contributed by atoms with E-state index in [9.17, 15) is 4.79 Å². The molecule has 0 radical (unpaired) electrons. The summed E-state index contributed by atoms with van der Waals surface area (Å²) < 4.78 is 7.35. The Balaban J connectivity index is 1.45. The van der Waals surface area contributed by atoms with Crippen LogP contribution < -0.4 is 5.32 Å². The monoisotopic (exact) mass is 428 g/mol. The number of carbonyl (C=O) groups excluding carboxylic acids is 1. The van der Waals surface area contributed by atoms with Crippen LogP contribution in [-0.2, 0) is 30.5 Å². The first-order valence-corrected chi connectivity index (χ1v) is 11.1. The molecule has 2 heterocycles. The summed E-state index contributed by atoms with van der Waals surface area (Å²) in [4.78, 5) is 15.0. The van der Waals surface area contributed by atoms with Crippen LogP contribution in [0.2, 0.25) is 5.02 Å². The van der Waals surface area contributed by atoms with Crippen molar-refractivity contribution in [2.75, 3.05) is 32.8 Å². The van der Waals surface area contributed by atoms with E-state index in [0.29, 0.717) is 44.6 Å². The third-order valence-corrected chi connectivity index (χ3v) is 6.12. The summed E-state index contributed by atoms with van der Waals surface area (Å²) in [5.41, 5.74) is 4.11. The molecule has 1 aromatic heterocycles. The lowest BCUT2D eigenvalue weighted by atomic mass is 9.91. The van der Waals surface area contributed by atoms with Crippen LogP contribution in [0.15, 0.2) is 36.9 Å². The van der Waals surface area contributed by atoms with E-state index < -0.39 is 0 Å². The van der Waals surface area contributed by atoms with Gasteiger partial charge < -0.3 is 15.0 Å². The largest absolute Gasteiger partial charge is 0.378 e. The number of aromatic nitrogens is 2. The Labute approximate surface area is 182 Å². The molecule has 0 saturated carbocycles. The Bertz CT molecular complexity index is 905. The molecule has 7 heteroatoms. The zero-order valence-corrected chi connectivity index (χ0v) is 18.0. The molecule has 0 bridgehead atoms.